The molecule has 0 heterocycles. The summed E-state index contributed by atoms with van der Waals surface area (Å²) in [7, 11) is 7.08. The average molecular weight is 320 g/mol. The molecule has 0 unspecified atom stereocenters. The molecule has 0 fully saturated rings. The largest absolute Gasteiger partial charge is 0.356 e. The minimum Gasteiger partial charge on any atom is -0.356 e. The zero-order valence-corrected chi connectivity index (χ0v) is 15.8. The van der Waals surface area contributed by atoms with Gasteiger partial charge in [0.05, 0.1) is 0 Å². The van der Waals surface area contributed by atoms with Crippen LogP contribution < -0.4 is 10.6 Å². The SMILES string of the molecule is C=CC(=O)NC.CCC.CCC.CNC(=O)/C=C/CN(C)C.[HH].[HH]. The van der Waals surface area contributed by atoms with Gasteiger partial charge in [0.15, 0.2) is 0 Å². The Morgan fingerprint density at radius 3 is 1.55 bits per heavy atom. The smallest absolute Gasteiger partial charge is 0.243 e. The van der Waals surface area contributed by atoms with E-state index in [0.29, 0.717) is 0 Å². The van der Waals surface area contributed by atoms with Crippen LogP contribution in [0.1, 0.15) is 43.4 Å². The average Bonchev–Trinajstić information content (AvgIpc) is 2.48. The number of carbonyl (C=O) groups excluding carboxylic acids is 2. The number of amides is 2. The van der Waals surface area contributed by atoms with Crippen molar-refractivity contribution in [2.45, 2.75) is 40.5 Å². The molecule has 2 amide bonds. The Hall–Kier alpha value is -1.62. The molecule has 0 aromatic rings. The molecular weight excluding hydrogens is 278 g/mol. The normalized spacial score (nSPS) is 8.41. The Bertz CT molecular complexity index is 283. The van der Waals surface area contributed by atoms with Gasteiger partial charge < -0.3 is 15.5 Å². The molecule has 0 rings (SSSR count). The van der Waals surface area contributed by atoms with E-state index in [1.54, 1.807) is 14.1 Å². The lowest BCUT2D eigenvalue weighted by Gasteiger charge is -2.02. The van der Waals surface area contributed by atoms with Crippen molar-refractivity contribution in [3.05, 3.63) is 24.8 Å². The molecule has 136 valence electrons. The predicted molar refractivity (Wildman–Crippen MR) is 102 cm³/mol. The van der Waals surface area contributed by atoms with Crippen molar-refractivity contribution in [1.29, 1.82) is 0 Å². The zero-order chi connectivity index (χ0) is 18.4. The van der Waals surface area contributed by atoms with Crippen LogP contribution in [0.15, 0.2) is 24.8 Å². The van der Waals surface area contributed by atoms with Gasteiger partial charge in [0.2, 0.25) is 11.8 Å². The number of nitrogens with one attached hydrogen (secondary N) is 2. The fourth-order valence-corrected chi connectivity index (χ4v) is 0.556. The number of hydrogen-bond acceptors (Lipinski definition) is 3. The van der Waals surface area contributed by atoms with Crippen LogP contribution in [0.5, 0.6) is 0 Å². The van der Waals surface area contributed by atoms with Crippen molar-refractivity contribution in [2.75, 3.05) is 34.7 Å². The molecule has 0 aliphatic rings. The Kier molecular flexibility index (Phi) is 35.9. The Morgan fingerprint density at radius 1 is 1.00 bits per heavy atom. The number of hydrogen-bond donors (Lipinski definition) is 2. The molecule has 0 radical (unpaired) electrons. The van der Waals surface area contributed by atoms with Gasteiger partial charge in [-0.15, -0.1) is 0 Å². The molecule has 0 aromatic carbocycles. The van der Waals surface area contributed by atoms with Gasteiger partial charge in [-0.3, -0.25) is 9.59 Å². The van der Waals surface area contributed by atoms with E-state index in [2.05, 4.69) is 44.9 Å². The molecule has 0 aromatic heterocycles. The summed E-state index contributed by atoms with van der Waals surface area (Å²) in [5.74, 6) is -0.197. The van der Waals surface area contributed by atoms with Gasteiger partial charge in [-0.05, 0) is 20.2 Å². The highest BCUT2D eigenvalue weighted by Crippen LogP contribution is 1.76. The van der Waals surface area contributed by atoms with E-state index >= 15 is 0 Å². The van der Waals surface area contributed by atoms with Crippen LogP contribution in [0.2, 0.25) is 0 Å². The summed E-state index contributed by atoms with van der Waals surface area (Å²) >= 11 is 0. The first kappa shape index (κ1) is 28.5. The second-order valence-electron chi connectivity index (χ2n) is 4.51. The van der Waals surface area contributed by atoms with Gasteiger partial charge >= 0.3 is 0 Å². The van der Waals surface area contributed by atoms with Crippen molar-refractivity contribution in [1.82, 2.24) is 15.5 Å². The maximum absolute atomic E-state index is 10.6. The Labute approximate surface area is 140 Å². The van der Waals surface area contributed by atoms with E-state index in [9.17, 15) is 9.59 Å². The highest BCUT2D eigenvalue weighted by Gasteiger charge is 1.87. The Morgan fingerprint density at radius 2 is 1.36 bits per heavy atom. The molecule has 22 heavy (non-hydrogen) atoms. The molecule has 2 N–H and O–H groups in total. The van der Waals surface area contributed by atoms with Crippen LogP contribution in [0.3, 0.4) is 0 Å². The second-order valence-corrected chi connectivity index (χ2v) is 4.51. The lowest BCUT2D eigenvalue weighted by molar-refractivity contribution is -0.116. The second kappa shape index (κ2) is 27.7. The van der Waals surface area contributed by atoms with Crippen molar-refractivity contribution in [2.24, 2.45) is 0 Å². The molecule has 0 spiro atoms. The third kappa shape index (κ3) is 51.5. The van der Waals surface area contributed by atoms with Crippen LogP contribution in [-0.2, 0) is 9.59 Å². The summed E-state index contributed by atoms with van der Waals surface area (Å²) in [6.45, 7) is 12.5. The third-order valence-electron chi connectivity index (χ3n) is 1.42. The summed E-state index contributed by atoms with van der Waals surface area (Å²) in [6.07, 6.45) is 7.07. The van der Waals surface area contributed by atoms with Gasteiger partial charge in [-0.1, -0.05) is 53.2 Å². The molecule has 0 bridgehead atoms. The topological polar surface area (TPSA) is 61.4 Å². The van der Waals surface area contributed by atoms with Crippen molar-refractivity contribution >= 4 is 11.8 Å². The van der Waals surface area contributed by atoms with Crippen LogP contribution in [0, 0.1) is 0 Å². The molecule has 0 atom stereocenters. The van der Waals surface area contributed by atoms with Gasteiger partial charge in [0.25, 0.3) is 0 Å². The van der Waals surface area contributed by atoms with Crippen LogP contribution >= 0.6 is 0 Å². The molecule has 0 saturated heterocycles. The van der Waals surface area contributed by atoms with E-state index in [1.807, 2.05) is 25.1 Å². The molecule has 0 saturated carbocycles. The minimum atomic E-state index is -0.144. The first-order chi connectivity index (χ1) is 10.3. The van der Waals surface area contributed by atoms with Crippen molar-refractivity contribution < 1.29 is 12.4 Å². The van der Waals surface area contributed by atoms with E-state index < -0.39 is 0 Å². The summed E-state index contributed by atoms with van der Waals surface area (Å²) in [5.41, 5.74) is 0. The molecule has 5 heteroatoms. The van der Waals surface area contributed by atoms with Gasteiger partial charge in [-0.25, -0.2) is 0 Å². The predicted octanol–water partition coefficient (Wildman–Crippen LogP) is 3.09. The monoisotopic (exact) mass is 319 g/mol. The van der Waals surface area contributed by atoms with Crippen LogP contribution in [0.25, 0.3) is 0 Å². The van der Waals surface area contributed by atoms with Gasteiger partial charge in [0.1, 0.15) is 0 Å². The maximum atomic E-state index is 10.6. The summed E-state index contributed by atoms with van der Waals surface area (Å²) in [6, 6.07) is 0. The molecule has 5 nitrogen and oxygen atoms in total. The number of rotatable bonds is 4. The van der Waals surface area contributed by atoms with Gasteiger partial charge in [-0.2, -0.15) is 0 Å². The van der Waals surface area contributed by atoms with E-state index in [4.69, 9.17) is 0 Å². The van der Waals surface area contributed by atoms with Crippen molar-refractivity contribution in [3.63, 3.8) is 0 Å². The molecule has 0 aliphatic carbocycles. The molecular formula is C17H41N3O2. The summed E-state index contributed by atoms with van der Waals surface area (Å²) in [5, 5.41) is 4.85. The van der Waals surface area contributed by atoms with Gasteiger partial charge in [0, 0.05) is 29.6 Å². The number of nitrogens with zero attached hydrogens (tertiary/aromatic N) is 1. The standard InChI is InChI=1S/C7H14N2O.C4H7NO.2C3H8.2H2/c1-8-7(10)5-4-6-9(2)3;1-3-4(6)5-2;2*1-3-2;;/h4-5H,6H2,1-3H3,(H,8,10);3H,1H2,2H3,(H,5,6);2*3H2,1-2H3;2*1H/b5-4+;;;;;. The van der Waals surface area contributed by atoms with Crippen LogP contribution in [-0.4, -0.2) is 51.4 Å². The van der Waals surface area contributed by atoms with Crippen LogP contribution in [0.4, 0.5) is 0 Å². The highest BCUT2D eigenvalue weighted by atomic mass is 16.2. The fraction of sp³-hybridized carbons (Fsp3) is 0.647. The first-order valence-corrected chi connectivity index (χ1v) is 7.67. The quantitative estimate of drug-likeness (QED) is 0.783. The summed E-state index contributed by atoms with van der Waals surface area (Å²) in [4.78, 5) is 22.5. The summed E-state index contributed by atoms with van der Waals surface area (Å²) < 4.78 is 0. The number of carbonyl (C=O) groups is 2. The molecule has 0 aliphatic heterocycles. The first-order valence-electron chi connectivity index (χ1n) is 7.67. The fourth-order valence-electron chi connectivity index (χ4n) is 0.556. The third-order valence-corrected chi connectivity index (χ3v) is 1.42. The lowest BCUT2D eigenvalue weighted by Crippen LogP contribution is -2.16. The maximum Gasteiger partial charge on any atom is 0.243 e. The van der Waals surface area contributed by atoms with E-state index in [-0.39, 0.29) is 14.7 Å². The Balaban J connectivity index is -0.0000000500. The van der Waals surface area contributed by atoms with E-state index in [0.717, 1.165) is 6.54 Å². The zero-order valence-electron chi connectivity index (χ0n) is 15.8. The lowest BCUT2D eigenvalue weighted by atomic mass is 10.4. The van der Waals surface area contributed by atoms with Crippen molar-refractivity contribution in [3.8, 4) is 0 Å². The van der Waals surface area contributed by atoms with E-state index in [1.165, 1.54) is 25.0 Å². The minimum absolute atomic E-state index is 0. The number of likely N-dealkylation sites (N-methyl/N-ethyl adjacent to an activating group) is 3. The highest BCUT2D eigenvalue weighted by molar-refractivity contribution is 5.87.